The lowest BCUT2D eigenvalue weighted by atomic mass is 9.41. The molecule has 0 radical (unpaired) electrons. The van der Waals surface area contributed by atoms with Crippen molar-refractivity contribution in [2.75, 3.05) is 0 Å². The maximum Gasteiger partial charge on any atom is 0.181 e. The lowest BCUT2D eigenvalue weighted by Crippen LogP contribution is -2.57. The summed E-state index contributed by atoms with van der Waals surface area (Å²) in [6.07, 6.45) is 12.7. The first kappa shape index (κ1) is 23.4. The number of nitrogens with one attached hydrogen (secondary N) is 1. The molecule has 0 aliphatic heterocycles. The Kier molecular flexibility index (Phi) is 5.19. The van der Waals surface area contributed by atoms with Gasteiger partial charge in [0.15, 0.2) is 5.78 Å². The van der Waals surface area contributed by atoms with E-state index in [9.17, 15) is 9.90 Å². The SMILES string of the molecule is CC(C)C(=O)c1cc([C@@H]2CC[C@]3(C)C4=CCC5C(C)(C)[C@H](O)CC[C@]5(C)[C@H]4CC[C@@]23C)c[nH]1. The number of aliphatic hydroxyl groups excluding tert-OH is 1. The maximum atomic E-state index is 12.6. The minimum atomic E-state index is -0.179. The molecule has 2 N–H and O–H groups in total. The highest BCUT2D eigenvalue weighted by Gasteiger charge is 2.65. The van der Waals surface area contributed by atoms with Crippen molar-refractivity contribution < 1.29 is 9.90 Å². The predicted molar refractivity (Wildman–Crippen MR) is 134 cm³/mol. The lowest BCUT2D eigenvalue weighted by Gasteiger charge is -2.64. The maximum absolute atomic E-state index is 12.6. The molecular weight excluding hydrogens is 406 g/mol. The summed E-state index contributed by atoms with van der Waals surface area (Å²) in [6.45, 7) is 16.2. The first-order chi connectivity index (χ1) is 15.4. The van der Waals surface area contributed by atoms with Crippen LogP contribution in [0.2, 0.25) is 0 Å². The van der Waals surface area contributed by atoms with E-state index >= 15 is 0 Å². The van der Waals surface area contributed by atoms with Gasteiger partial charge in [-0.2, -0.15) is 0 Å². The summed E-state index contributed by atoms with van der Waals surface area (Å²) in [6, 6.07) is 2.16. The molecule has 4 aliphatic rings. The Morgan fingerprint density at radius 3 is 2.42 bits per heavy atom. The summed E-state index contributed by atoms with van der Waals surface area (Å²) in [5, 5.41) is 10.8. The number of rotatable bonds is 3. The van der Waals surface area contributed by atoms with E-state index in [0.717, 1.165) is 25.0 Å². The molecule has 4 aliphatic carbocycles. The monoisotopic (exact) mass is 451 g/mol. The van der Waals surface area contributed by atoms with Gasteiger partial charge in [-0.15, -0.1) is 0 Å². The van der Waals surface area contributed by atoms with Crippen molar-refractivity contribution >= 4 is 5.78 Å². The Balaban J connectivity index is 1.50. The third kappa shape index (κ3) is 3.00. The van der Waals surface area contributed by atoms with Crippen molar-refractivity contribution in [2.45, 2.75) is 105 Å². The van der Waals surface area contributed by atoms with Gasteiger partial charge >= 0.3 is 0 Å². The Bertz CT molecular complexity index is 985. The van der Waals surface area contributed by atoms with Crippen molar-refractivity contribution in [1.29, 1.82) is 0 Å². The summed E-state index contributed by atoms with van der Waals surface area (Å²) in [5.74, 6) is 1.94. The number of aromatic amines is 1. The fraction of sp³-hybridized carbons (Fsp3) is 0.767. The molecule has 182 valence electrons. The number of Topliss-reactive ketones (excluding diaryl/α,β-unsaturated/α-hetero) is 1. The number of fused-ring (bicyclic) bond motifs is 5. The van der Waals surface area contributed by atoms with Gasteiger partial charge in [0, 0.05) is 12.1 Å². The van der Waals surface area contributed by atoms with E-state index in [2.05, 4.69) is 57.9 Å². The van der Waals surface area contributed by atoms with E-state index in [4.69, 9.17) is 0 Å². The van der Waals surface area contributed by atoms with Crippen LogP contribution in [0, 0.1) is 39.4 Å². The molecule has 0 spiro atoms. The van der Waals surface area contributed by atoms with Crippen molar-refractivity contribution in [3.05, 3.63) is 35.2 Å². The van der Waals surface area contributed by atoms with Gasteiger partial charge < -0.3 is 10.1 Å². The molecule has 0 amide bonds. The zero-order chi connectivity index (χ0) is 24.0. The van der Waals surface area contributed by atoms with E-state index in [0.29, 0.717) is 23.2 Å². The van der Waals surface area contributed by atoms with Crippen molar-refractivity contribution in [3.63, 3.8) is 0 Å². The van der Waals surface area contributed by atoms with E-state index < -0.39 is 0 Å². The summed E-state index contributed by atoms with van der Waals surface area (Å²) in [7, 11) is 0. The van der Waals surface area contributed by atoms with Gasteiger partial charge in [-0.05, 0) is 96.0 Å². The van der Waals surface area contributed by atoms with Crippen LogP contribution in [0.25, 0.3) is 0 Å². The summed E-state index contributed by atoms with van der Waals surface area (Å²) in [5.41, 5.74) is 4.57. The fourth-order valence-corrected chi connectivity index (χ4v) is 9.29. The average molecular weight is 452 g/mol. The Labute approximate surface area is 200 Å². The van der Waals surface area contributed by atoms with Crippen LogP contribution in [0.1, 0.15) is 115 Å². The van der Waals surface area contributed by atoms with Crippen LogP contribution in [0.15, 0.2) is 23.9 Å². The van der Waals surface area contributed by atoms with E-state index in [1.807, 2.05) is 13.8 Å². The first-order valence-corrected chi connectivity index (χ1v) is 13.5. The number of aliphatic hydroxyl groups is 1. The van der Waals surface area contributed by atoms with Gasteiger partial charge in [0.25, 0.3) is 0 Å². The minimum Gasteiger partial charge on any atom is -0.393 e. The van der Waals surface area contributed by atoms with Crippen LogP contribution in [-0.2, 0) is 0 Å². The second-order valence-corrected chi connectivity index (χ2v) is 13.6. The molecule has 3 fully saturated rings. The fourth-order valence-electron chi connectivity index (χ4n) is 9.29. The van der Waals surface area contributed by atoms with Crippen LogP contribution in [0.3, 0.4) is 0 Å². The molecule has 1 aromatic rings. The Hall–Kier alpha value is -1.35. The first-order valence-electron chi connectivity index (χ1n) is 13.5. The molecule has 0 aromatic carbocycles. The highest BCUT2D eigenvalue weighted by molar-refractivity contribution is 5.96. The summed E-state index contributed by atoms with van der Waals surface area (Å²) < 4.78 is 0. The van der Waals surface area contributed by atoms with Gasteiger partial charge in [0.1, 0.15) is 0 Å². The number of H-pyrrole nitrogens is 1. The van der Waals surface area contributed by atoms with Gasteiger partial charge in [-0.1, -0.05) is 60.1 Å². The molecule has 3 saturated carbocycles. The zero-order valence-electron chi connectivity index (χ0n) is 21.9. The number of allylic oxidation sites excluding steroid dienone is 2. The predicted octanol–water partition coefficient (Wildman–Crippen LogP) is 7.29. The average Bonchev–Trinajstić information content (AvgIpc) is 3.33. The van der Waals surface area contributed by atoms with Crippen molar-refractivity contribution in [2.24, 2.45) is 39.4 Å². The topological polar surface area (TPSA) is 53.1 Å². The third-order valence-electron chi connectivity index (χ3n) is 11.7. The number of ketones is 1. The Morgan fingerprint density at radius 2 is 1.73 bits per heavy atom. The van der Waals surface area contributed by atoms with E-state index in [1.165, 1.54) is 31.2 Å². The molecule has 0 saturated heterocycles. The van der Waals surface area contributed by atoms with Crippen LogP contribution < -0.4 is 0 Å². The normalized spacial score (nSPS) is 44.1. The molecule has 1 aromatic heterocycles. The minimum absolute atomic E-state index is 0.0145. The van der Waals surface area contributed by atoms with Crippen LogP contribution >= 0.6 is 0 Å². The van der Waals surface area contributed by atoms with Crippen LogP contribution in [0.4, 0.5) is 0 Å². The molecule has 3 nitrogen and oxygen atoms in total. The van der Waals surface area contributed by atoms with Crippen molar-refractivity contribution in [3.8, 4) is 0 Å². The largest absolute Gasteiger partial charge is 0.393 e. The molecular formula is C30H45NO2. The van der Waals surface area contributed by atoms with E-state index in [1.54, 1.807) is 5.57 Å². The van der Waals surface area contributed by atoms with E-state index in [-0.39, 0.29) is 34.1 Å². The second-order valence-electron chi connectivity index (χ2n) is 13.6. The van der Waals surface area contributed by atoms with Gasteiger partial charge in [0.05, 0.1) is 11.8 Å². The summed E-state index contributed by atoms with van der Waals surface area (Å²) in [4.78, 5) is 15.9. The van der Waals surface area contributed by atoms with Crippen LogP contribution in [0.5, 0.6) is 0 Å². The van der Waals surface area contributed by atoms with Gasteiger partial charge in [-0.25, -0.2) is 0 Å². The zero-order valence-corrected chi connectivity index (χ0v) is 21.9. The molecule has 1 unspecified atom stereocenters. The molecule has 7 atom stereocenters. The molecule has 33 heavy (non-hydrogen) atoms. The molecule has 3 heteroatoms. The van der Waals surface area contributed by atoms with Gasteiger partial charge in [0.2, 0.25) is 0 Å². The standard InChI is InChI=1S/C30H45NO2/c1-18(2)26(33)23-16-19(17-31-23)20-10-14-30(7)22-8-9-24-27(3,4)25(32)12-13-28(24,5)21(22)11-15-29(20,30)6/h8,16-18,20-21,24-25,31-32H,9-15H2,1-7H3/t20-,21-,24?,25+,28+,29-,30+/m0/s1. The molecule has 1 heterocycles. The number of carbonyl (C=O) groups is 1. The number of hydrogen-bond acceptors (Lipinski definition) is 2. The van der Waals surface area contributed by atoms with Gasteiger partial charge in [-0.3, -0.25) is 4.79 Å². The lowest BCUT2D eigenvalue weighted by molar-refractivity contribution is -0.129. The summed E-state index contributed by atoms with van der Waals surface area (Å²) >= 11 is 0. The third-order valence-corrected chi connectivity index (χ3v) is 11.7. The second kappa shape index (κ2) is 7.33. The Morgan fingerprint density at radius 1 is 1.03 bits per heavy atom. The number of hydrogen-bond donors (Lipinski definition) is 2. The van der Waals surface area contributed by atoms with Crippen LogP contribution in [-0.4, -0.2) is 22.0 Å². The highest BCUT2D eigenvalue weighted by Crippen LogP contribution is 2.74. The van der Waals surface area contributed by atoms with Crippen molar-refractivity contribution in [1.82, 2.24) is 4.98 Å². The molecule has 5 rings (SSSR count). The highest BCUT2D eigenvalue weighted by atomic mass is 16.3. The number of carbonyl (C=O) groups excluding carboxylic acids is 1. The molecule has 0 bridgehead atoms. The number of aromatic nitrogens is 1. The smallest absolute Gasteiger partial charge is 0.181 e. The quantitative estimate of drug-likeness (QED) is 0.374.